The summed E-state index contributed by atoms with van der Waals surface area (Å²) in [6.07, 6.45) is 2.24. The third kappa shape index (κ3) is 1.59. The van der Waals surface area contributed by atoms with Gasteiger partial charge in [-0.2, -0.15) is 0 Å². The van der Waals surface area contributed by atoms with Crippen molar-refractivity contribution in [1.82, 2.24) is 0 Å². The fraction of sp³-hybridized carbons (Fsp3) is 1.00. The molecule has 2 heteroatoms. The Morgan fingerprint density at radius 3 is 2.36 bits per heavy atom. The SMILES string of the molecule is C[NH2+]CC(O)C1(C)CCC(C)C1(C)C. The van der Waals surface area contributed by atoms with Gasteiger partial charge in [0.05, 0.1) is 7.05 Å². The molecule has 0 amide bonds. The maximum absolute atomic E-state index is 10.2. The van der Waals surface area contributed by atoms with Crippen LogP contribution in [0, 0.1) is 16.7 Å². The van der Waals surface area contributed by atoms with Crippen molar-refractivity contribution in [3.05, 3.63) is 0 Å². The van der Waals surface area contributed by atoms with Crippen molar-refractivity contribution in [3.63, 3.8) is 0 Å². The summed E-state index contributed by atoms with van der Waals surface area (Å²) in [6.45, 7) is 10.0. The Labute approximate surface area is 88.1 Å². The van der Waals surface area contributed by atoms with E-state index in [9.17, 15) is 5.11 Å². The lowest BCUT2D eigenvalue weighted by atomic mass is 9.63. The zero-order valence-corrected chi connectivity index (χ0v) is 10.3. The first-order valence-electron chi connectivity index (χ1n) is 5.82. The third-order valence-corrected chi connectivity index (χ3v) is 5.00. The zero-order chi connectivity index (χ0) is 11.0. The van der Waals surface area contributed by atoms with Crippen molar-refractivity contribution in [2.24, 2.45) is 16.7 Å². The first-order valence-corrected chi connectivity index (χ1v) is 5.82. The highest BCUT2D eigenvalue weighted by Crippen LogP contribution is 2.57. The van der Waals surface area contributed by atoms with E-state index in [0.717, 1.165) is 18.9 Å². The quantitative estimate of drug-likeness (QED) is 0.701. The van der Waals surface area contributed by atoms with E-state index in [1.165, 1.54) is 6.42 Å². The normalized spacial score (nSPS) is 38.6. The van der Waals surface area contributed by atoms with Crippen molar-refractivity contribution in [2.45, 2.75) is 46.6 Å². The van der Waals surface area contributed by atoms with Gasteiger partial charge in [-0.15, -0.1) is 0 Å². The van der Waals surface area contributed by atoms with Gasteiger partial charge in [0.1, 0.15) is 12.6 Å². The Kier molecular flexibility index (Phi) is 3.27. The molecule has 1 aliphatic rings. The summed E-state index contributed by atoms with van der Waals surface area (Å²) in [5.74, 6) is 0.721. The minimum atomic E-state index is -0.174. The van der Waals surface area contributed by atoms with Crippen LogP contribution in [0.3, 0.4) is 0 Å². The molecule has 0 aromatic carbocycles. The number of aliphatic hydroxyl groups is 1. The van der Waals surface area contributed by atoms with E-state index in [2.05, 4.69) is 33.0 Å². The Morgan fingerprint density at radius 2 is 2.00 bits per heavy atom. The van der Waals surface area contributed by atoms with Crippen LogP contribution in [0.15, 0.2) is 0 Å². The molecular weight excluding hydrogens is 174 g/mol. The second-order valence-corrected chi connectivity index (χ2v) is 5.74. The molecule has 0 aliphatic heterocycles. The maximum Gasteiger partial charge on any atom is 0.109 e. The van der Waals surface area contributed by atoms with E-state index >= 15 is 0 Å². The number of likely N-dealkylation sites (N-methyl/N-ethyl adjacent to an activating group) is 1. The highest BCUT2D eigenvalue weighted by molar-refractivity contribution is 5.02. The predicted octanol–water partition coefficient (Wildman–Crippen LogP) is 1.00. The molecule has 1 saturated carbocycles. The summed E-state index contributed by atoms with van der Waals surface area (Å²) in [5, 5.41) is 12.3. The Bertz CT molecular complexity index is 202. The van der Waals surface area contributed by atoms with Gasteiger partial charge in [0, 0.05) is 5.41 Å². The molecule has 0 bridgehead atoms. The average Bonchev–Trinajstić information content (AvgIpc) is 2.31. The van der Waals surface area contributed by atoms with E-state index in [4.69, 9.17) is 0 Å². The lowest BCUT2D eigenvalue weighted by Crippen LogP contribution is -2.83. The molecule has 0 saturated heterocycles. The molecule has 0 aromatic rings. The van der Waals surface area contributed by atoms with Gasteiger partial charge in [-0.1, -0.05) is 27.7 Å². The molecule has 0 spiro atoms. The molecule has 3 unspecified atom stereocenters. The minimum Gasteiger partial charge on any atom is -0.387 e. The van der Waals surface area contributed by atoms with Crippen LogP contribution < -0.4 is 5.32 Å². The molecular formula is C12H26NO+. The van der Waals surface area contributed by atoms with Gasteiger partial charge in [0.25, 0.3) is 0 Å². The molecule has 1 aliphatic carbocycles. The molecule has 0 aromatic heterocycles. The van der Waals surface area contributed by atoms with Crippen LogP contribution in [0.2, 0.25) is 0 Å². The number of quaternary nitrogens is 1. The standard InChI is InChI=1S/C12H25NO/c1-9-6-7-12(4,11(9,2)3)10(14)8-13-5/h9-10,13-14H,6-8H2,1-5H3/p+1. The lowest BCUT2D eigenvalue weighted by Gasteiger charge is -2.43. The monoisotopic (exact) mass is 200 g/mol. The van der Waals surface area contributed by atoms with Crippen molar-refractivity contribution in [1.29, 1.82) is 0 Å². The van der Waals surface area contributed by atoms with Gasteiger partial charge < -0.3 is 10.4 Å². The van der Waals surface area contributed by atoms with Crippen LogP contribution >= 0.6 is 0 Å². The van der Waals surface area contributed by atoms with Crippen molar-refractivity contribution >= 4 is 0 Å². The summed E-state index contributed by atoms with van der Waals surface area (Å²) in [6, 6.07) is 0. The summed E-state index contributed by atoms with van der Waals surface area (Å²) < 4.78 is 0. The van der Waals surface area contributed by atoms with Crippen LogP contribution in [-0.4, -0.2) is 24.8 Å². The van der Waals surface area contributed by atoms with Crippen LogP contribution in [0.1, 0.15) is 40.5 Å². The molecule has 1 rings (SSSR count). The highest BCUT2D eigenvalue weighted by atomic mass is 16.3. The second kappa shape index (κ2) is 3.82. The summed E-state index contributed by atoms with van der Waals surface area (Å²) in [5.41, 5.74) is 0.356. The lowest BCUT2D eigenvalue weighted by molar-refractivity contribution is -0.636. The molecule has 0 radical (unpaired) electrons. The predicted molar refractivity (Wildman–Crippen MR) is 59.0 cm³/mol. The summed E-state index contributed by atoms with van der Waals surface area (Å²) >= 11 is 0. The smallest absolute Gasteiger partial charge is 0.109 e. The zero-order valence-electron chi connectivity index (χ0n) is 10.3. The van der Waals surface area contributed by atoms with Gasteiger partial charge in [0.2, 0.25) is 0 Å². The fourth-order valence-electron chi connectivity index (χ4n) is 2.84. The Balaban J connectivity index is 2.83. The van der Waals surface area contributed by atoms with Crippen LogP contribution in [-0.2, 0) is 0 Å². The first kappa shape index (κ1) is 12.0. The van der Waals surface area contributed by atoms with Crippen LogP contribution in [0.25, 0.3) is 0 Å². The van der Waals surface area contributed by atoms with Crippen LogP contribution in [0.4, 0.5) is 0 Å². The number of aliphatic hydroxyl groups excluding tert-OH is 1. The van der Waals surface area contributed by atoms with E-state index < -0.39 is 0 Å². The van der Waals surface area contributed by atoms with Gasteiger partial charge in [0.15, 0.2) is 0 Å². The average molecular weight is 200 g/mol. The van der Waals surface area contributed by atoms with E-state index in [0.29, 0.717) is 0 Å². The van der Waals surface area contributed by atoms with Crippen molar-refractivity contribution in [3.8, 4) is 0 Å². The van der Waals surface area contributed by atoms with E-state index in [1.54, 1.807) is 0 Å². The maximum atomic E-state index is 10.2. The highest BCUT2D eigenvalue weighted by Gasteiger charge is 2.53. The number of nitrogens with two attached hydrogens (primary N) is 1. The van der Waals surface area contributed by atoms with Gasteiger partial charge in [-0.25, -0.2) is 0 Å². The van der Waals surface area contributed by atoms with Crippen LogP contribution in [0.5, 0.6) is 0 Å². The summed E-state index contributed by atoms with van der Waals surface area (Å²) in [7, 11) is 2.03. The summed E-state index contributed by atoms with van der Waals surface area (Å²) in [4.78, 5) is 0. The molecule has 3 N–H and O–H groups in total. The third-order valence-electron chi connectivity index (χ3n) is 5.00. The Hall–Kier alpha value is -0.0800. The molecule has 14 heavy (non-hydrogen) atoms. The second-order valence-electron chi connectivity index (χ2n) is 5.74. The number of hydrogen-bond donors (Lipinski definition) is 2. The van der Waals surface area contributed by atoms with E-state index in [-0.39, 0.29) is 16.9 Å². The topological polar surface area (TPSA) is 36.8 Å². The molecule has 0 heterocycles. The van der Waals surface area contributed by atoms with Gasteiger partial charge >= 0.3 is 0 Å². The number of hydrogen-bond acceptors (Lipinski definition) is 1. The molecule has 1 fully saturated rings. The molecule has 2 nitrogen and oxygen atoms in total. The first-order chi connectivity index (χ1) is 6.36. The van der Waals surface area contributed by atoms with Crippen molar-refractivity contribution in [2.75, 3.05) is 13.6 Å². The Morgan fingerprint density at radius 1 is 1.43 bits per heavy atom. The number of rotatable bonds is 3. The van der Waals surface area contributed by atoms with E-state index in [1.807, 2.05) is 7.05 Å². The van der Waals surface area contributed by atoms with Gasteiger partial charge in [-0.3, -0.25) is 0 Å². The fourth-order valence-corrected chi connectivity index (χ4v) is 2.84. The molecule has 84 valence electrons. The van der Waals surface area contributed by atoms with Gasteiger partial charge in [-0.05, 0) is 24.2 Å². The largest absolute Gasteiger partial charge is 0.387 e. The molecule has 3 atom stereocenters. The van der Waals surface area contributed by atoms with Crippen molar-refractivity contribution < 1.29 is 10.4 Å². The minimum absolute atomic E-state index is 0.0962.